The Hall–Kier alpha value is -2.07. The monoisotopic (exact) mass is 328 g/mol. The average Bonchev–Trinajstić information content (AvgIpc) is 2.32. The highest BCUT2D eigenvalue weighted by Gasteiger charge is 2.17. The predicted molar refractivity (Wildman–Crippen MR) is 71.2 cm³/mol. The Kier molecular flexibility index (Phi) is 5.33. The SMILES string of the molecule is C#CCN(CC(=O)O)C(=O)Nc1cc(Br)ccc1F. The van der Waals surface area contributed by atoms with Gasteiger partial charge >= 0.3 is 12.0 Å². The molecule has 0 saturated heterocycles. The van der Waals surface area contributed by atoms with Crippen molar-refractivity contribution in [3.05, 3.63) is 28.5 Å². The van der Waals surface area contributed by atoms with Crippen LogP contribution >= 0.6 is 15.9 Å². The van der Waals surface area contributed by atoms with Gasteiger partial charge in [-0.3, -0.25) is 4.79 Å². The van der Waals surface area contributed by atoms with E-state index in [2.05, 4.69) is 27.2 Å². The molecule has 1 aromatic carbocycles. The second-order valence-corrected chi connectivity index (χ2v) is 4.42. The molecular weight excluding hydrogens is 319 g/mol. The summed E-state index contributed by atoms with van der Waals surface area (Å²) < 4.78 is 14.0. The van der Waals surface area contributed by atoms with Crippen molar-refractivity contribution in [3.63, 3.8) is 0 Å². The third-order valence-corrected chi connectivity index (χ3v) is 2.56. The summed E-state index contributed by atoms with van der Waals surface area (Å²) in [4.78, 5) is 23.2. The number of anilines is 1. The number of carboxylic acids is 1. The summed E-state index contributed by atoms with van der Waals surface area (Å²) in [6.07, 6.45) is 5.04. The first-order valence-electron chi connectivity index (χ1n) is 5.10. The zero-order chi connectivity index (χ0) is 14.4. The van der Waals surface area contributed by atoms with Gasteiger partial charge in [-0.15, -0.1) is 6.42 Å². The van der Waals surface area contributed by atoms with Crippen LogP contribution in [0.15, 0.2) is 22.7 Å². The molecule has 1 aromatic rings. The zero-order valence-corrected chi connectivity index (χ0v) is 11.3. The molecule has 19 heavy (non-hydrogen) atoms. The van der Waals surface area contributed by atoms with Crippen LogP contribution in [0.1, 0.15) is 0 Å². The van der Waals surface area contributed by atoms with Crippen molar-refractivity contribution in [2.75, 3.05) is 18.4 Å². The zero-order valence-electron chi connectivity index (χ0n) is 9.69. The molecule has 0 spiro atoms. The van der Waals surface area contributed by atoms with Crippen LogP contribution in [0, 0.1) is 18.2 Å². The molecule has 0 fully saturated rings. The van der Waals surface area contributed by atoms with Crippen LogP contribution in [0.25, 0.3) is 0 Å². The number of benzene rings is 1. The maximum atomic E-state index is 13.4. The topological polar surface area (TPSA) is 69.6 Å². The molecule has 0 aliphatic rings. The number of amides is 2. The van der Waals surface area contributed by atoms with Crippen molar-refractivity contribution in [2.45, 2.75) is 0 Å². The Morgan fingerprint density at radius 3 is 2.79 bits per heavy atom. The molecule has 0 saturated carbocycles. The fourth-order valence-electron chi connectivity index (χ4n) is 1.26. The van der Waals surface area contributed by atoms with Gasteiger partial charge in [-0.1, -0.05) is 21.9 Å². The third kappa shape index (κ3) is 4.60. The van der Waals surface area contributed by atoms with Crippen LogP contribution in [0.5, 0.6) is 0 Å². The number of urea groups is 1. The van der Waals surface area contributed by atoms with Gasteiger partial charge in [0.25, 0.3) is 0 Å². The second-order valence-electron chi connectivity index (χ2n) is 3.51. The van der Waals surface area contributed by atoms with Crippen molar-refractivity contribution in [1.29, 1.82) is 0 Å². The lowest BCUT2D eigenvalue weighted by molar-refractivity contribution is -0.137. The summed E-state index contributed by atoms with van der Waals surface area (Å²) in [6.45, 7) is -0.751. The first-order valence-corrected chi connectivity index (χ1v) is 5.89. The normalized spacial score (nSPS) is 9.53. The lowest BCUT2D eigenvalue weighted by atomic mass is 10.3. The molecule has 0 atom stereocenters. The van der Waals surface area contributed by atoms with E-state index in [1.54, 1.807) is 0 Å². The Labute approximate surface area is 117 Å². The van der Waals surface area contributed by atoms with Crippen LogP contribution in [0.2, 0.25) is 0 Å². The molecule has 5 nitrogen and oxygen atoms in total. The highest BCUT2D eigenvalue weighted by atomic mass is 79.9. The molecule has 100 valence electrons. The van der Waals surface area contributed by atoms with Crippen molar-refractivity contribution in [2.24, 2.45) is 0 Å². The molecular formula is C12H10BrFN2O3. The van der Waals surface area contributed by atoms with Crippen molar-refractivity contribution >= 4 is 33.6 Å². The van der Waals surface area contributed by atoms with Crippen LogP contribution < -0.4 is 5.32 Å². The Morgan fingerprint density at radius 2 is 2.21 bits per heavy atom. The van der Waals surface area contributed by atoms with E-state index in [1.165, 1.54) is 18.2 Å². The van der Waals surface area contributed by atoms with Crippen LogP contribution in [0.4, 0.5) is 14.9 Å². The summed E-state index contributed by atoms with van der Waals surface area (Å²) >= 11 is 3.14. The maximum absolute atomic E-state index is 13.4. The first kappa shape index (κ1) is 15.0. The van der Waals surface area contributed by atoms with Crippen molar-refractivity contribution in [3.8, 4) is 12.3 Å². The minimum atomic E-state index is -1.21. The summed E-state index contributed by atoms with van der Waals surface area (Å²) in [7, 11) is 0. The van der Waals surface area contributed by atoms with Gasteiger partial charge in [-0.05, 0) is 18.2 Å². The van der Waals surface area contributed by atoms with Gasteiger partial charge in [0.15, 0.2) is 0 Å². The lowest BCUT2D eigenvalue weighted by Gasteiger charge is -2.18. The highest BCUT2D eigenvalue weighted by molar-refractivity contribution is 9.10. The van der Waals surface area contributed by atoms with Gasteiger partial charge in [0.05, 0.1) is 12.2 Å². The second kappa shape index (κ2) is 6.75. The number of nitrogens with one attached hydrogen (secondary N) is 1. The average molecular weight is 329 g/mol. The number of rotatable bonds is 4. The van der Waals surface area contributed by atoms with E-state index in [0.29, 0.717) is 4.47 Å². The van der Waals surface area contributed by atoms with Crippen molar-refractivity contribution in [1.82, 2.24) is 4.90 Å². The number of carboxylic acid groups (broad SMARTS) is 1. The summed E-state index contributed by atoms with van der Waals surface area (Å²) in [5.74, 6) is 0.324. The highest BCUT2D eigenvalue weighted by Crippen LogP contribution is 2.20. The minimum absolute atomic E-state index is 0.0632. The van der Waals surface area contributed by atoms with Gasteiger partial charge in [0.1, 0.15) is 12.4 Å². The van der Waals surface area contributed by atoms with E-state index in [0.717, 1.165) is 4.90 Å². The van der Waals surface area contributed by atoms with Crippen LogP contribution in [-0.2, 0) is 4.79 Å². The van der Waals surface area contributed by atoms with Gasteiger partial charge in [-0.2, -0.15) is 0 Å². The molecule has 0 bridgehead atoms. The summed E-state index contributed by atoms with van der Waals surface area (Å²) in [6, 6.07) is 3.23. The molecule has 2 N–H and O–H groups in total. The summed E-state index contributed by atoms with van der Waals surface area (Å²) in [5, 5.41) is 10.9. The van der Waals surface area contributed by atoms with Gasteiger partial charge in [-0.25, -0.2) is 9.18 Å². The molecule has 0 heterocycles. The third-order valence-electron chi connectivity index (χ3n) is 2.07. The molecule has 7 heteroatoms. The fraction of sp³-hybridized carbons (Fsp3) is 0.167. The van der Waals surface area contributed by atoms with E-state index < -0.39 is 24.4 Å². The summed E-state index contributed by atoms with van der Waals surface area (Å²) in [5.41, 5.74) is -0.0632. The quantitative estimate of drug-likeness (QED) is 0.832. The van der Waals surface area contributed by atoms with Gasteiger partial charge in [0.2, 0.25) is 0 Å². The van der Waals surface area contributed by atoms with Gasteiger partial charge < -0.3 is 15.3 Å². The standard InChI is InChI=1S/C12H10BrFN2O3/c1-2-5-16(7-11(17)18)12(19)15-10-6-8(13)3-4-9(10)14/h1,3-4,6H,5,7H2,(H,15,19)(H,17,18). The molecule has 0 radical (unpaired) electrons. The lowest BCUT2D eigenvalue weighted by Crippen LogP contribution is -2.39. The van der Waals surface area contributed by atoms with E-state index in [4.69, 9.17) is 11.5 Å². The van der Waals surface area contributed by atoms with Crippen LogP contribution in [-0.4, -0.2) is 35.1 Å². The predicted octanol–water partition coefficient (Wildman–Crippen LogP) is 2.14. The maximum Gasteiger partial charge on any atom is 0.323 e. The number of aliphatic carboxylic acids is 1. The number of terminal acetylenes is 1. The molecule has 0 aliphatic heterocycles. The Morgan fingerprint density at radius 1 is 1.53 bits per heavy atom. The minimum Gasteiger partial charge on any atom is -0.480 e. The largest absolute Gasteiger partial charge is 0.480 e. The van der Waals surface area contributed by atoms with E-state index in [-0.39, 0.29) is 12.2 Å². The van der Waals surface area contributed by atoms with E-state index >= 15 is 0 Å². The number of halogens is 2. The smallest absolute Gasteiger partial charge is 0.323 e. The number of nitrogens with zero attached hydrogens (tertiary/aromatic N) is 1. The van der Waals surface area contributed by atoms with Crippen molar-refractivity contribution < 1.29 is 19.1 Å². The molecule has 1 rings (SSSR count). The number of hydrogen-bond donors (Lipinski definition) is 2. The Bertz CT molecular complexity index is 542. The molecule has 0 aromatic heterocycles. The van der Waals surface area contributed by atoms with Crippen LogP contribution in [0.3, 0.4) is 0 Å². The molecule has 0 unspecified atom stereocenters. The van der Waals surface area contributed by atoms with Gasteiger partial charge in [0, 0.05) is 4.47 Å². The Balaban J connectivity index is 2.84. The van der Waals surface area contributed by atoms with E-state index in [9.17, 15) is 14.0 Å². The number of carbonyl (C=O) groups is 2. The first-order chi connectivity index (χ1) is 8.93. The number of carbonyl (C=O) groups excluding carboxylic acids is 1. The fourth-order valence-corrected chi connectivity index (χ4v) is 1.62. The molecule has 0 aliphatic carbocycles. The number of hydrogen-bond acceptors (Lipinski definition) is 2. The molecule has 2 amide bonds. The van der Waals surface area contributed by atoms with E-state index in [1.807, 2.05) is 0 Å².